The van der Waals surface area contributed by atoms with E-state index in [1.54, 1.807) is 0 Å². The third-order valence-electron chi connectivity index (χ3n) is 4.95. The number of hydrogen-bond donors (Lipinski definition) is 4. The molecule has 0 heterocycles. The van der Waals surface area contributed by atoms with Gasteiger partial charge >= 0.3 is 16.4 Å². The van der Waals surface area contributed by atoms with Crippen molar-refractivity contribution in [3.63, 3.8) is 0 Å². The van der Waals surface area contributed by atoms with E-state index in [2.05, 4.69) is 11.1 Å². The van der Waals surface area contributed by atoms with E-state index in [0.29, 0.717) is 31.5 Å². The lowest BCUT2D eigenvalue weighted by Crippen LogP contribution is -2.61. The minimum absolute atomic E-state index is 0.0423. The molecule has 0 fully saturated rings. The molecule has 0 aromatic heterocycles. The van der Waals surface area contributed by atoms with Crippen LogP contribution in [0.1, 0.15) is 90.4 Å². The fraction of sp³-hybridized carbons (Fsp3) is 0.895. The summed E-state index contributed by atoms with van der Waals surface area (Å²) in [4.78, 5) is 23.0. The van der Waals surface area contributed by atoms with Crippen molar-refractivity contribution in [2.24, 2.45) is 5.73 Å². The zero-order valence-corrected chi connectivity index (χ0v) is 18.2. The predicted octanol–water partition coefficient (Wildman–Crippen LogP) is 2.61. The van der Waals surface area contributed by atoms with Gasteiger partial charge in [-0.05, 0) is 19.3 Å². The first-order valence-electron chi connectivity index (χ1n) is 10.4. The van der Waals surface area contributed by atoms with Gasteiger partial charge in [0.05, 0.1) is 6.61 Å². The molecule has 0 unspecified atom stereocenters. The Morgan fingerprint density at radius 1 is 0.966 bits per heavy atom. The van der Waals surface area contributed by atoms with E-state index in [1.165, 1.54) is 6.42 Å². The summed E-state index contributed by atoms with van der Waals surface area (Å²) in [7, 11) is -4.91. The second-order valence-electron chi connectivity index (χ2n) is 7.53. The smallest absolute Gasteiger partial charge is 0.397 e. The standard InChI is InChI=1S/C19H37NO8S/c1-2-3-4-9-12-16(22)13-10-7-5-6-8-11-14-17(28-29(25,26)27)19(20,15-21)18(23)24/h17,21H,2-15,20H2,1H3,(H,23,24)(H,25,26,27)/t17-,19-/m1/s1. The van der Waals surface area contributed by atoms with Crippen LogP contribution in [0.2, 0.25) is 0 Å². The number of aliphatic hydroxyl groups excluding tert-OH is 1. The van der Waals surface area contributed by atoms with Gasteiger partial charge in [0, 0.05) is 12.8 Å². The second kappa shape index (κ2) is 14.8. The minimum Gasteiger partial charge on any atom is -0.480 e. The molecular weight excluding hydrogens is 402 g/mol. The van der Waals surface area contributed by atoms with Gasteiger partial charge in [-0.1, -0.05) is 58.3 Å². The fourth-order valence-electron chi connectivity index (χ4n) is 3.08. The van der Waals surface area contributed by atoms with Gasteiger partial charge < -0.3 is 15.9 Å². The van der Waals surface area contributed by atoms with Crippen LogP contribution in [0.15, 0.2) is 0 Å². The van der Waals surface area contributed by atoms with E-state index in [-0.39, 0.29) is 6.42 Å². The topological polar surface area (TPSA) is 164 Å². The average molecular weight is 440 g/mol. The lowest BCUT2D eigenvalue weighted by Gasteiger charge is -2.30. The molecule has 0 bridgehead atoms. The monoisotopic (exact) mass is 439 g/mol. The summed E-state index contributed by atoms with van der Waals surface area (Å²) >= 11 is 0. The third-order valence-corrected chi connectivity index (χ3v) is 5.43. The highest BCUT2D eigenvalue weighted by atomic mass is 32.3. The number of nitrogens with two attached hydrogens (primary N) is 1. The minimum atomic E-state index is -4.91. The van der Waals surface area contributed by atoms with Crippen LogP contribution in [-0.2, 0) is 24.2 Å². The van der Waals surface area contributed by atoms with Crippen molar-refractivity contribution in [1.82, 2.24) is 0 Å². The maximum atomic E-state index is 11.7. The summed E-state index contributed by atoms with van der Waals surface area (Å²) in [6.45, 7) is 1.10. The zero-order chi connectivity index (χ0) is 22.3. The molecule has 0 rings (SSSR count). The first-order valence-corrected chi connectivity index (χ1v) is 11.7. The molecular formula is C19H37NO8S. The van der Waals surface area contributed by atoms with E-state index in [1.807, 2.05) is 0 Å². The molecule has 9 nitrogen and oxygen atoms in total. The Bertz CT molecular complexity index is 581. The van der Waals surface area contributed by atoms with Gasteiger partial charge in [0.1, 0.15) is 11.9 Å². The van der Waals surface area contributed by atoms with Crippen LogP contribution in [0, 0.1) is 0 Å². The van der Waals surface area contributed by atoms with Gasteiger partial charge in [-0.15, -0.1) is 0 Å². The van der Waals surface area contributed by atoms with Crippen LogP contribution in [0.25, 0.3) is 0 Å². The molecule has 0 spiro atoms. The molecule has 29 heavy (non-hydrogen) atoms. The van der Waals surface area contributed by atoms with Crippen molar-refractivity contribution in [3.05, 3.63) is 0 Å². The highest BCUT2D eigenvalue weighted by Crippen LogP contribution is 2.21. The number of rotatable bonds is 19. The number of carbonyl (C=O) groups excluding carboxylic acids is 1. The van der Waals surface area contributed by atoms with Crippen molar-refractivity contribution >= 4 is 22.2 Å². The molecule has 10 heteroatoms. The molecule has 0 aliphatic heterocycles. The first-order chi connectivity index (χ1) is 13.6. The molecule has 0 saturated heterocycles. The van der Waals surface area contributed by atoms with Gasteiger partial charge in [0.2, 0.25) is 0 Å². The van der Waals surface area contributed by atoms with Crippen LogP contribution in [0.5, 0.6) is 0 Å². The number of Topliss-reactive ketones (excluding diaryl/α,β-unsaturated/α-hetero) is 1. The zero-order valence-electron chi connectivity index (χ0n) is 17.3. The van der Waals surface area contributed by atoms with E-state index in [4.69, 9.17) is 15.4 Å². The Morgan fingerprint density at radius 3 is 1.90 bits per heavy atom. The summed E-state index contributed by atoms with van der Waals surface area (Å²) in [5, 5.41) is 18.4. The molecule has 0 aromatic rings. The summed E-state index contributed by atoms with van der Waals surface area (Å²) in [5.74, 6) is -1.31. The average Bonchev–Trinajstić information content (AvgIpc) is 2.64. The van der Waals surface area contributed by atoms with E-state index < -0.39 is 34.6 Å². The van der Waals surface area contributed by atoms with Crippen LogP contribution in [0.3, 0.4) is 0 Å². The lowest BCUT2D eigenvalue weighted by atomic mass is 9.90. The number of aliphatic hydroxyl groups is 1. The number of hydrogen-bond acceptors (Lipinski definition) is 7. The van der Waals surface area contributed by atoms with Crippen molar-refractivity contribution in [2.75, 3.05) is 6.61 Å². The molecule has 0 aromatic carbocycles. The van der Waals surface area contributed by atoms with Crippen molar-refractivity contribution in [3.8, 4) is 0 Å². The molecule has 0 saturated carbocycles. The number of aliphatic carboxylic acids is 1. The third kappa shape index (κ3) is 13.0. The normalized spacial score (nSPS) is 15.0. The van der Waals surface area contributed by atoms with Gasteiger partial charge in [-0.2, -0.15) is 8.42 Å². The summed E-state index contributed by atoms with van der Waals surface area (Å²) in [6, 6.07) is 0. The summed E-state index contributed by atoms with van der Waals surface area (Å²) < 4.78 is 35.2. The largest absolute Gasteiger partial charge is 0.480 e. The first kappa shape index (κ1) is 27.9. The van der Waals surface area contributed by atoms with Crippen LogP contribution in [-0.4, -0.2) is 53.2 Å². The van der Waals surface area contributed by atoms with Gasteiger partial charge in [0.25, 0.3) is 0 Å². The second-order valence-corrected chi connectivity index (χ2v) is 8.57. The Balaban J connectivity index is 4.10. The SMILES string of the molecule is CCCCCCC(=O)CCCCCCCC[C@@H](OS(=O)(=O)O)[C@](N)(CO)C(=O)O. The number of carboxylic acids is 1. The number of carboxylic acid groups (broad SMARTS) is 1. The van der Waals surface area contributed by atoms with E-state index in [0.717, 1.165) is 44.9 Å². The summed E-state index contributed by atoms with van der Waals surface area (Å²) in [6.07, 6.45) is 8.61. The van der Waals surface area contributed by atoms with Crippen LogP contribution >= 0.6 is 0 Å². The molecule has 0 radical (unpaired) electrons. The Labute approximate surface area is 174 Å². The fourth-order valence-corrected chi connectivity index (χ4v) is 3.64. The molecule has 0 aliphatic rings. The molecule has 2 atom stereocenters. The van der Waals surface area contributed by atoms with E-state index >= 15 is 0 Å². The van der Waals surface area contributed by atoms with Crippen molar-refractivity contribution in [2.45, 2.75) is 102 Å². The maximum absolute atomic E-state index is 11.7. The maximum Gasteiger partial charge on any atom is 0.397 e. The molecule has 5 N–H and O–H groups in total. The quantitative estimate of drug-likeness (QED) is 0.175. The molecule has 0 aliphatic carbocycles. The van der Waals surface area contributed by atoms with Crippen molar-refractivity contribution in [1.29, 1.82) is 0 Å². The van der Waals surface area contributed by atoms with Gasteiger partial charge in [-0.3, -0.25) is 14.1 Å². The Morgan fingerprint density at radius 2 is 1.45 bits per heavy atom. The number of ketones is 1. The van der Waals surface area contributed by atoms with Gasteiger partial charge in [0.15, 0.2) is 5.54 Å². The predicted molar refractivity (Wildman–Crippen MR) is 109 cm³/mol. The molecule has 0 amide bonds. The summed E-state index contributed by atoms with van der Waals surface area (Å²) in [5.41, 5.74) is 3.24. The van der Waals surface area contributed by atoms with E-state index in [9.17, 15) is 23.1 Å². The number of carbonyl (C=O) groups is 2. The Hall–Kier alpha value is -1.07. The highest BCUT2D eigenvalue weighted by molar-refractivity contribution is 7.80. The van der Waals surface area contributed by atoms with Crippen molar-refractivity contribution < 1.29 is 37.0 Å². The highest BCUT2D eigenvalue weighted by Gasteiger charge is 2.44. The van der Waals surface area contributed by atoms with Crippen LogP contribution in [0.4, 0.5) is 0 Å². The number of unbranched alkanes of at least 4 members (excludes halogenated alkanes) is 8. The van der Waals surface area contributed by atoms with Crippen LogP contribution < -0.4 is 5.73 Å². The molecule has 172 valence electrons. The van der Waals surface area contributed by atoms with Gasteiger partial charge in [-0.25, -0.2) is 4.18 Å². The Kier molecular flexibility index (Phi) is 14.3. The lowest BCUT2D eigenvalue weighted by molar-refractivity contribution is -0.149.